The van der Waals surface area contributed by atoms with E-state index in [0.717, 1.165) is 11.6 Å². The highest BCUT2D eigenvalue weighted by Crippen LogP contribution is 2.37. The van der Waals surface area contributed by atoms with E-state index in [-0.39, 0.29) is 10.8 Å². The van der Waals surface area contributed by atoms with Crippen LogP contribution >= 0.6 is 23.1 Å². The van der Waals surface area contributed by atoms with E-state index >= 15 is 0 Å². The van der Waals surface area contributed by atoms with Crippen LogP contribution in [0.15, 0.2) is 57.3 Å². The monoisotopic (exact) mass is 408 g/mol. The molecule has 0 amide bonds. The van der Waals surface area contributed by atoms with Crippen LogP contribution in [-0.2, 0) is 11.9 Å². The number of fused-ring (bicyclic) bond motifs is 1. The predicted molar refractivity (Wildman–Crippen MR) is 98.2 cm³/mol. The Bertz CT molecular complexity index is 1040. The number of alkyl halides is 3. The van der Waals surface area contributed by atoms with Crippen LogP contribution in [0.2, 0.25) is 0 Å². The number of aromatic nitrogens is 3. The molecule has 0 bridgehead atoms. The topological polar surface area (TPSA) is 63.8 Å². The number of oxazole rings is 1. The molecule has 2 heterocycles. The summed E-state index contributed by atoms with van der Waals surface area (Å²) in [6.07, 6.45) is -4.45. The summed E-state index contributed by atoms with van der Waals surface area (Å²) in [6, 6.07) is 12.7. The summed E-state index contributed by atoms with van der Waals surface area (Å²) >= 11 is 2.52. The molecule has 0 aliphatic rings. The van der Waals surface area contributed by atoms with Crippen molar-refractivity contribution < 1.29 is 17.6 Å². The van der Waals surface area contributed by atoms with Gasteiger partial charge in [0.15, 0.2) is 9.92 Å². The maximum absolute atomic E-state index is 13.1. The molecule has 2 aromatic heterocycles. The lowest BCUT2D eigenvalue weighted by Gasteiger charge is -2.12. The highest BCUT2D eigenvalue weighted by molar-refractivity contribution is 8.00. The molecule has 0 aliphatic heterocycles. The minimum atomic E-state index is -4.45. The van der Waals surface area contributed by atoms with Gasteiger partial charge in [0.05, 0.1) is 17.0 Å². The quantitative estimate of drug-likeness (QED) is 0.425. The summed E-state index contributed by atoms with van der Waals surface area (Å²) in [6.45, 7) is 0. The predicted octanol–water partition coefficient (Wildman–Crippen LogP) is 5.73. The van der Waals surface area contributed by atoms with Crippen LogP contribution in [0.1, 0.15) is 11.5 Å². The van der Waals surface area contributed by atoms with E-state index in [2.05, 4.69) is 20.5 Å². The molecule has 0 unspecified atom stereocenters. The Morgan fingerprint density at radius 2 is 1.81 bits per heavy atom. The molecule has 138 valence electrons. The van der Waals surface area contributed by atoms with Gasteiger partial charge in [0.2, 0.25) is 11.0 Å². The molecule has 27 heavy (non-hydrogen) atoms. The van der Waals surface area contributed by atoms with Gasteiger partial charge >= 0.3 is 6.18 Å². The van der Waals surface area contributed by atoms with Crippen LogP contribution in [0.5, 0.6) is 0 Å². The van der Waals surface area contributed by atoms with E-state index in [4.69, 9.17) is 4.42 Å². The summed E-state index contributed by atoms with van der Waals surface area (Å²) in [4.78, 5) is 4.37. The van der Waals surface area contributed by atoms with Crippen molar-refractivity contribution in [3.63, 3.8) is 0 Å². The van der Waals surface area contributed by atoms with E-state index in [1.807, 2.05) is 24.3 Å². The summed E-state index contributed by atoms with van der Waals surface area (Å²) in [5.74, 6) is 0.996. The number of anilines is 2. The zero-order chi connectivity index (χ0) is 18.9. The Labute approximate surface area is 159 Å². The molecule has 0 aliphatic carbocycles. The molecule has 4 aromatic rings. The second-order valence-corrected chi connectivity index (χ2v) is 7.61. The van der Waals surface area contributed by atoms with Crippen molar-refractivity contribution in [2.45, 2.75) is 16.3 Å². The fourth-order valence-electron chi connectivity index (χ4n) is 2.38. The van der Waals surface area contributed by atoms with Gasteiger partial charge in [-0.3, -0.25) is 0 Å². The molecule has 0 atom stereocenters. The fraction of sp³-hybridized carbons (Fsp3) is 0.118. The second kappa shape index (κ2) is 7.20. The summed E-state index contributed by atoms with van der Waals surface area (Å²) in [5, 5.41) is 10.9. The van der Waals surface area contributed by atoms with Crippen molar-refractivity contribution in [2.75, 3.05) is 5.32 Å². The van der Waals surface area contributed by atoms with Gasteiger partial charge in [0, 0.05) is 0 Å². The first kappa shape index (κ1) is 17.8. The van der Waals surface area contributed by atoms with Gasteiger partial charge in [-0.15, -0.1) is 10.2 Å². The molecule has 0 fully saturated rings. The number of rotatable bonds is 5. The zero-order valence-corrected chi connectivity index (χ0v) is 15.2. The van der Waals surface area contributed by atoms with Crippen LogP contribution in [0.4, 0.5) is 24.0 Å². The maximum atomic E-state index is 13.1. The molecular weight excluding hydrogens is 397 g/mol. The number of nitrogens with zero attached hydrogens (tertiary/aromatic N) is 3. The number of halogens is 3. The van der Waals surface area contributed by atoms with E-state index in [0.29, 0.717) is 21.6 Å². The molecule has 0 saturated heterocycles. The summed E-state index contributed by atoms with van der Waals surface area (Å²) in [7, 11) is 0. The van der Waals surface area contributed by atoms with Gasteiger partial charge in [-0.25, -0.2) is 4.98 Å². The number of thioether (sulfide) groups is 1. The van der Waals surface area contributed by atoms with Crippen molar-refractivity contribution in [2.24, 2.45) is 0 Å². The third-order valence-corrected chi connectivity index (χ3v) is 5.49. The Morgan fingerprint density at radius 3 is 2.63 bits per heavy atom. The van der Waals surface area contributed by atoms with Gasteiger partial charge in [0.1, 0.15) is 5.52 Å². The average molecular weight is 408 g/mol. The van der Waals surface area contributed by atoms with Crippen molar-refractivity contribution in [1.29, 1.82) is 0 Å². The lowest BCUT2D eigenvalue weighted by atomic mass is 10.2. The first-order valence-corrected chi connectivity index (χ1v) is 9.53. The molecular formula is C17H11F3N4OS2. The number of benzene rings is 2. The van der Waals surface area contributed by atoms with Crippen LogP contribution < -0.4 is 5.32 Å². The molecule has 0 radical (unpaired) electrons. The minimum absolute atomic E-state index is 0.0587. The van der Waals surface area contributed by atoms with Gasteiger partial charge in [-0.05, 0) is 24.3 Å². The number of hydrogen-bond acceptors (Lipinski definition) is 7. The molecule has 0 saturated carbocycles. The molecule has 10 heteroatoms. The molecule has 4 rings (SSSR count). The SMILES string of the molecule is FC(F)(F)c1ccccc1Nc1nnc(SCc2nc3ccccc3o2)s1. The summed E-state index contributed by atoms with van der Waals surface area (Å²) < 4.78 is 45.4. The maximum Gasteiger partial charge on any atom is 0.418 e. The smallest absolute Gasteiger partial charge is 0.418 e. The van der Waals surface area contributed by atoms with E-state index < -0.39 is 11.7 Å². The lowest BCUT2D eigenvalue weighted by molar-refractivity contribution is -0.136. The van der Waals surface area contributed by atoms with Crippen LogP contribution in [0.3, 0.4) is 0 Å². The molecule has 1 N–H and O–H groups in total. The second-order valence-electron chi connectivity index (χ2n) is 5.41. The normalized spacial score (nSPS) is 11.8. The van der Waals surface area contributed by atoms with E-state index in [9.17, 15) is 13.2 Å². The van der Waals surface area contributed by atoms with E-state index in [1.165, 1.54) is 41.3 Å². The lowest BCUT2D eigenvalue weighted by Crippen LogP contribution is -2.08. The first-order valence-electron chi connectivity index (χ1n) is 7.73. The first-order chi connectivity index (χ1) is 13.0. The van der Waals surface area contributed by atoms with E-state index in [1.54, 1.807) is 0 Å². The van der Waals surface area contributed by atoms with Gasteiger partial charge in [0.25, 0.3) is 0 Å². The standard InChI is InChI=1S/C17H11F3N4OS2/c18-17(19,20)10-5-1-2-6-11(10)22-15-23-24-16(27-15)26-9-14-21-12-7-3-4-8-13(12)25-14/h1-8H,9H2,(H,22,23). The zero-order valence-electron chi connectivity index (χ0n) is 13.5. The minimum Gasteiger partial charge on any atom is -0.440 e. The Hall–Kier alpha value is -2.59. The number of para-hydroxylation sites is 3. The largest absolute Gasteiger partial charge is 0.440 e. The average Bonchev–Trinajstić information content (AvgIpc) is 3.25. The van der Waals surface area contributed by atoms with Crippen LogP contribution in [0, 0.1) is 0 Å². The fourth-order valence-corrected chi connectivity index (χ4v) is 3.99. The van der Waals surface area contributed by atoms with Crippen molar-refractivity contribution >= 4 is 45.0 Å². The van der Waals surface area contributed by atoms with Gasteiger partial charge in [-0.2, -0.15) is 13.2 Å². The van der Waals surface area contributed by atoms with Gasteiger partial charge < -0.3 is 9.73 Å². The molecule has 5 nitrogen and oxygen atoms in total. The van der Waals surface area contributed by atoms with Crippen molar-refractivity contribution in [3.8, 4) is 0 Å². The van der Waals surface area contributed by atoms with Crippen molar-refractivity contribution in [3.05, 3.63) is 60.0 Å². The molecule has 2 aromatic carbocycles. The van der Waals surface area contributed by atoms with Crippen LogP contribution in [-0.4, -0.2) is 15.2 Å². The number of hydrogen-bond donors (Lipinski definition) is 1. The Morgan fingerprint density at radius 1 is 1.04 bits per heavy atom. The van der Waals surface area contributed by atoms with Gasteiger partial charge in [-0.1, -0.05) is 47.4 Å². The van der Waals surface area contributed by atoms with Crippen LogP contribution in [0.25, 0.3) is 11.1 Å². The molecule has 0 spiro atoms. The number of nitrogens with one attached hydrogen (secondary N) is 1. The third-order valence-electron chi connectivity index (χ3n) is 3.54. The van der Waals surface area contributed by atoms with Crippen molar-refractivity contribution in [1.82, 2.24) is 15.2 Å². The highest BCUT2D eigenvalue weighted by atomic mass is 32.2. The Balaban J connectivity index is 1.45. The summed E-state index contributed by atoms with van der Waals surface area (Å²) in [5.41, 5.74) is 0.672. The third kappa shape index (κ3) is 4.06. The highest BCUT2D eigenvalue weighted by Gasteiger charge is 2.33. The Kier molecular flexibility index (Phi) is 4.75.